The number of ether oxygens (including phenoxy) is 1. The highest BCUT2D eigenvalue weighted by Gasteiger charge is 2.42. The van der Waals surface area contributed by atoms with E-state index >= 15 is 0 Å². The van der Waals surface area contributed by atoms with E-state index in [1.165, 1.54) is 4.68 Å². The van der Waals surface area contributed by atoms with Crippen LogP contribution in [0.4, 0.5) is 0 Å². The second kappa shape index (κ2) is 7.50. The summed E-state index contributed by atoms with van der Waals surface area (Å²) in [4.78, 5) is 27.6. The molecule has 0 bridgehead atoms. The Hall–Kier alpha value is -2.19. The predicted molar refractivity (Wildman–Crippen MR) is 112 cm³/mol. The van der Waals surface area contributed by atoms with Crippen molar-refractivity contribution in [1.82, 2.24) is 19.1 Å². The summed E-state index contributed by atoms with van der Waals surface area (Å²) >= 11 is 0. The fourth-order valence-corrected chi connectivity index (χ4v) is 4.11. The zero-order chi connectivity index (χ0) is 21.8. The Bertz CT molecular complexity index is 1010. The van der Waals surface area contributed by atoms with Crippen LogP contribution in [0.25, 0.3) is 5.52 Å². The van der Waals surface area contributed by atoms with Gasteiger partial charge in [0.15, 0.2) is 5.82 Å². The third-order valence-electron chi connectivity index (χ3n) is 6.29. The van der Waals surface area contributed by atoms with Crippen molar-refractivity contribution in [3.05, 3.63) is 34.0 Å². The number of aromatic nitrogens is 3. The van der Waals surface area contributed by atoms with Gasteiger partial charge in [0.05, 0.1) is 11.7 Å². The number of likely N-dealkylation sites (N-methyl/N-ethyl adjacent to an activating group) is 1. The van der Waals surface area contributed by atoms with Crippen LogP contribution in [0.1, 0.15) is 76.8 Å². The molecule has 0 aromatic carbocycles. The summed E-state index contributed by atoms with van der Waals surface area (Å²) in [7, 11) is 1.72. The maximum atomic E-state index is 13.1. The fraction of sp³-hybridized carbons (Fsp3) is 0.682. The minimum absolute atomic E-state index is 0.00984. The molecule has 0 saturated heterocycles. The summed E-state index contributed by atoms with van der Waals surface area (Å²) in [6.07, 6.45) is 5.10. The van der Waals surface area contributed by atoms with Crippen molar-refractivity contribution in [1.29, 1.82) is 0 Å². The molecule has 164 valence electrons. The lowest BCUT2D eigenvalue weighted by atomic mass is 9.76. The van der Waals surface area contributed by atoms with E-state index in [0.29, 0.717) is 24.2 Å². The van der Waals surface area contributed by atoms with Crippen LogP contribution in [0, 0.1) is 0 Å². The number of nitrogens with zero attached hydrogens (tertiary/aromatic N) is 4. The Morgan fingerprint density at radius 1 is 1.37 bits per heavy atom. The summed E-state index contributed by atoms with van der Waals surface area (Å²) in [6, 6.07) is 1.87. The van der Waals surface area contributed by atoms with Gasteiger partial charge in [-0.25, -0.2) is 4.68 Å². The molecule has 2 aliphatic rings. The van der Waals surface area contributed by atoms with Gasteiger partial charge >= 0.3 is 0 Å². The molecule has 1 unspecified atom stereocenters. The second-order valence-corrected chi connectivity index (χ2v) is 9.55. The zero-order valence-electron chi connectivity index (χ0n) is 18.5. The number of aliphatic hydroxyl groups is 1. The Morgan fingerprint density at radius 3 is 2.60 bits per heavy atom. The number of carbonyl (C=O) groups excluding carboxylic acids is 1. The van der Waals surface area contributed by atoms with Gasteiger partial charge < -0.3 is 14.7 Å². The van der Waals surface area contributed by atoms with Crippen LogP contribution in [0.5, 0.6) is 0 Å². The van der Waals surface area contributed by atoms with E-state index in [2.05, 4.69) is 18.9 Å². The highest BCUT2D eigenvalue weighted by atomic mass is 16.5. The number of rotatable bonds is 7. The average Bonchev–Trinajstić information content (AvgIpc) is 3.34. The third-order valence-corrected chi connectivity index (χ3v) is 6.29. The van der Waals surface area contributed by atoms with Crippen molar-refractivity contribution in [2.45, 2.75) is 89.7 Å². The van der Waals surface area contributed by atoms with Gasteiger partial charge in [-0.1, -0.05) is 13.8 Å². The van der Waals surface area contributed by atoms with Gasteiger partial charge in [-0.2, -0.15) is 5.10 Å². The minimum atomic E-state index is -0.713. The molecule has 2 aromatic heterocycles. The maximum absolute atomic E-state index is 13.1. The van der Waals surface area contributed by atoms with E-state index in [0.717, 1.165) is 18.4 Å². The highest BCUT2D eigenvalue weighted by molar-refractivity contribution is 5.76. The van der Waals surface area contributed by atoms with Crippen LogP contribution in [-0.2, 0) is 16.1 Å². The SMILES string of the molecule is CC(C)c1cc2c(=O)n(CC(=O)N(C)[C@H]3C[C@@](C)(O)C3)nc(C(C)OC3CC3)n2c1. The number of fused-ring (bicyclic) bond motifs is 1. The monoisotopic (exact) mass is 416 g/mol. The summed E-state index contributed by atoms with van der Waals surface area (Å²) in [5.41, 5.74) is 0.560. The standard InChI is InChI=1S/C22H32N4O4/c1-13(2)15-8-18-21(28)26(12-19(27)24(5)16-9-22(4,29)10-16)23-20(25(18)11-15)14(3)30-17-6-7-17/h8,11,13-14,16-17,29H,6-7,9-10,12H2,1-5H3/t14?,16-,22+. The smallest absolute Gasteiger partial charge is 0.291 e. The van der Waals surface area contributed by atoms with Gasteiger partial charge in [0.1, 0.15) is 18.2 Å². The van der Waals surface area contributed by atoms with Crippen molar-refractivity contribution in [2.24, 2.45) is 0 Å². The van der Waals surface area contributed by atoms with Crippen LogP contribution in [0.15, 0.2) is 17.1 Å². The van der Waals surface area contributed by atoms with Crippen molar-refractivity contribution in [3.8, 4) is 0 Å². The van der Waals surface area contributed by atoms with Crippen molar-refractivity contribution in [2.75, 3.05) is 7.05 Å². The zero-order valence-corrected chi connectivity index (χ0v) is 18.5. The van der Waals surface area contributed by atoms with Crippen LogP contribution in [0.3, 0.4) is 0 Å². The van der Waals surface area contributed by atoms with E-state index in [4.69, 9.17) is 4.74 Å². The molecule has 2 aliphatic carbocycles. The molecule has 2 heterocycles. The molecule has 2 saturated carbocycles. The van der Waals surface area contributed by atoms with Crippen LogP contribution in [-0.4, -0.2) is 54.9 Å². The van der Waals surface area contributed by atoms with Gasteiger partial charge in [-0.15, -0.1) is 0 Å². The van der Waals surface area contributed by atoms with E-state index < -0.39 is 5.60 Å². The topological polar surface area (TPSA) is 89.1 Å². The average molecular weight is 417 g/mol. The van der Waals surface area contributed by atoms with Gasteiger partial charge in [0.2, 0.25) is 5.91 Å². The molecule has 1 atom stereocenters. The molecule has 0 aliphatic heterocycles. The molecule has 30 heavy (non-hydrogen) atoms. The maximum Gasteiger partial charge on any atom is 0.291 e. The van der Waals surface area contributed by atoms with Crippen molar-refractivity contribution in [3.63, 3.8) is 0 Å². The number of hydrogen-bond acceptors (Lipinski definition) is 5. The summed E-state index contributed by atoms with van der Waals surface area (Å²) in [5, 5.41) is 14.5. The molecule has 0 radical (unpaired) electrons. The number of carbonyl (C=O) groups is 1. The quantitative estimate of drug-likeness (QED) is 0.748. The van der Waals surface area contributed by atoms with Gasteiger partial charge in [-0.3, -0.25) is 14.0 Å². The first-order valence-corrected chi connectivity index (χ1v) is 10.8. The van der Waals surface area contributed by atoms with E-state index in [-0.39, 0.29) is 42.2 Å². The highest BCUT2D eigenvalue weighted by Crippen LogP contribution is 2.35. The van der Waals surface area contributed by atoms with Gasteiger partial charge in [-0.05, 0) is 57.1 Å². The lowest BCUT2D eigenvalue weighted by molar-refractivity contribution is -0.141. The lowest BCUT2D eigenvalue weighted by Gasteiger charge is -2.45. The van der Waals surface area contributed by atoms with Crippen LogP contribution in [0.2, 0.25) is 0 Å². The second-order valence-electron chi connectivity index (χ2n) is 9.55. The third kappa shape index (κ3) is 4.03. The van der Waals surface area contributed by atoms with Gasteiger partial charge in [0.25, 0.3) is 5.56 Å². The molecular weight excluding hydrogens is 384 g/mol. The first kappa shape index (κ1) is 21.1. The fourth-order valence-electron chi connectivity index (χ4n) is 4.11. The Labute approximate surface area is 176 Å². The number of amides is 1. The van der Waals surface area contributed by atoms with Gasteiger partial charge in [0, 0.05) is 19.3 Å². The van der Waals surface area contributed by atoms with E-state index in [9.17, 15) is 14.7 Å². The summed E-state index contributed by atoms with van der Waals surface area (Å²) in [5.74, 6) is 0.710. The Morgan fingerprint density at radius 2 is 2.03 bits per heavy atom. The molecule has 8 heteroatoms. The molecule has 1 N–H and O–H groups in total. The molecule has 0 spiro atoms. The van der Waals surface area contributed by atoms with Crippen LogP contribution >= 0.6 is 0 Å². The molecule has 1 amide bonds. The van der Waals surface area contributed by atoms with Crippen molar-refractivity contribution < 1.29 is 14.6 Å². The van der Waals surface area contributed by atoms with E-state index in [1.54, 1.807) is 18.9 Å². The molecule has 8 nitrogen and oxygen atoms in total. The van der Waals surface area contributed by atoms with Crippen molar-refractivity contribution >= 4 is 11.4 Å². The molecular formula is C22H32N4O4. The Kier molecular flexibility index (Phi) is 5.26. The molecule has 4 rings (SSSR count). The first-order valence-electron chi connectivity index (χ1n) is 10.8. The summed E-state index contributed by atoms with van der Waals surface area (Å²) in [6.45, 7) is 7.74. The largest absolute Gasteiger partial charge is 0.390 e. The normalized spacial score (nSPS) is 24.8. The molecule has 2 aromatic rings. The first-order chi connectivity index (χ1) is 14.1. The lowest BCUT2D eigenvalue weighted by Crippen LogP contribution is -2.54. The van der Waals surface area contributed by atoms with Crippen LogP contribution < -0.4 is 5.56 Å². The number of hydrogen-bond donors (Lipinski definition) is 1. The van der Waals surface area contributed by atoms with E-state index in [1.807, 2.05) is 23.6 Å². The molecule has 2 fully saturated rings. The summed E-state index contributed by atoms with van der Waals surface area (Å²) < 4.78 is 9.12. The Balaban J connectivity index is 1.65. The predicted octanol–water partition coefficient (Wildman–Crippen LogP) is 2.23. The minimum Gasteiger partial charge on any atom is -0.390 e.